The van der Waals surface area contributed by atoms with E-state index in [-0.39, 0.29) is 4.90 Å². The topological polar surface area (TPSA) is 77.0 Å². The van der Waals surface area contributed by atoms with Crippen molar-refractivity contribution in [3.8, 4) is 0 Å². The molecule has 0 aromatic heterocycles. The molecule has 0 bridgehead atoms. The van der Waals surface area contributed by atoms with Gasteiger partial charge in [-0.25, -0.2) is 13.1 Å². The zero-order valence-electron chi connectivity index (χ0n) is 18.1. The Hall–Kier alpha value is -2.58. The van der Waals surface area contributed by atoms with Gasteiger partial charge in [-0.15, -0.1) is 0 Å². The second kappa shape index (κ2) is 9.49. The zero-order chi connectivity index (χ0) is 21.7. The van der Waals surface area contributed by atoms with Crippen molar-refractivity contribution in [1.29, 1.82) is 0 Å². The van der Waals surface area contributed by atoms with Crippen molar-refractivity contribution in [2.75, 3.05) is 45.2 Å². The highest BCUT2D eigenvalue weighted by molar-refractivity contribution is 7.89. The molecule has 8 heteroatoms. The van der Waals surface area contributed by atoms with E-state index in [2.05, 4.69) is 56.9 Å². The summed E-state index contributed by atoms with van der Waals surface area (Å²) in [5, 5.41) is 3.37. The van der Waals surface area contributed by atoms with Crippen molar-refractivity contribution in [3.63, 3.8) is 0 Å². The summed E-state index contributed by atoms with van der Waals surface area (Å²) in [6.07, 6.45) is 0. The minimum Gasteiger partial charge on any atom is -0.368 e. The number of hydrogen-bond acceptors (Lipinski definition) is 4. The Labute approximate surface area is 179 Å². The fraction of sp³-hybridized carbons (Fsp3) is 0.409. The van der Waals surface area contributed by atoms with E-state index in [1.54, 1.807) is 25.2 Å². The van der Waals surface area contributed by atoms with Crippen molar-refractivity contribution in [2.45, 2.75) is 25.3 Å². The van der Waals surface area contributed by atoms with E-state index >= 15 is 0 Å². The molecule has 0 aliphatic carbocycles. The molecule has 7 nitrogen and oxygen atoms in total. The average molecular weight is 430 g/mol. The number of rotatable bonds is 5. The van der Waals surface area contributed by atoms with E-state index in [1.165, 1.54) is 23.9 Å². The lowest BCUT2D eigenvalue weighted by molar-refractivity contribution is 0.372. The Morgan fingerprint density at radius 1 is 1.07 bits per heavy atom. The number of nitrogens with zero attached hydrogens (tertiary/aromatic N) is 3. The van der Waals surface area contributed by atoms with Crippen LogP contribution in [0.4, 0.5) is 5.69 Å². The van der Waals surface area contributed by atoms with Crippen molar-refractivity contribution < 1.29 is 8.42 Å². The lowest BCUT2D eigenvalue weighted by Gasteiger charge is -2.38. The van der Waals surface area contributed by atoms with Crippen LogP contribution in [-0.2, 0) is 16.6 Å². The molecular weight excluding hydrogens is 398 g/mol. The molecule has 1 fully saturated rings. The standard InChI is InChI=1S/C22H31N5O2S/c1-17-7-5-10-21(18(17)2)26-11-13-27(14-12-26)22(23-3)25-16-19-8-6-9-20(15-19)30(28,29)24-4/h5-10,15,24H,11-14,16H2,1-4H3,(H,23,25). The van der Waals surface area contributed by atoms with Gasteiger partial charge in [-0.05, 0) is 55.8 Å². The van der Waals surface area contributed by atoms with E-state index in [1.807, 2.05) is 6.07 Å². The zero-order valence-corrected chi connectivity index (χ0v) is 19.0. The quantitative estimate of drug-likeness (QED) is 0.562. The maximum absolute atomic E-state index is 12.0. The molecule has 2 aromatic carbocycles. The minimum atomic E-state index is -3.45. The first-order valence-electron chi connectivity index (χ1n) is 10.1. The van der Waals surface area contributed by atoms with Crippen LogP contribution in [0.3, 0.4) is 0 Å². The summed E-state index contributed by atoms with van der Waals surface area (Å²) in [6, 6.07) is 13.4. The Morgan fingerprint density at radius 3 is 2.43 bits per heavy atom. The maximum atomic E-state index is 12.0. The van der Waals surface area contributed by atoms with Gasteiger partial charge in [0.15, 0.2) is 5.96 Å². The van der Waals surface area contributed by atoms with E-state index in [9.17, 15) is 8.42 Å². The van der Waals surface area contributed by atoms with Crippen LogP contribution in [0.25, 0.3) is 0 Å². The highest BCUT2D eigenvalue weighted by Crippen LogP contribution is 2.23. The predicted molar refractivity (Wildman–Crippen MR) is 123 cm³/mol. The summed E-state index contributed by atoms with van der Waals surface area (Å²) >= 11 is 0. The van der Waals surface area contributed by atoms with Gasteiger partial charge in [0.1, 0.15) is 0 Å². The van der Waals surface area contributed by atoms with Gasteiger partial charge in [0, 0.05) is 45.5 Å². The Bertz CT molecular complexity index is 1010. The maximum Gasteiger partial charge on any atom is 0.240 e. The largest absolute Gasteiger partial charge is 0.368 e. The summed E-state index contributed by atoms with van der Waals surface area (Å²) in [4.78, 5) is 9.37. The molecule has 30 heavy (non-hydrogen) atoms. The van der Waals surface area contributed by atoms with Gasteiger partial charge in [0.2, 0.25) is 10.0 Å². The smallest absolute Gasteiger partial charge is 0.240 e. The number of piperazine rings is 1. The van der Waals surface area contributed by atoms with Crippen molar-refractivity contribution in [3.05, 3.63) is 59.2 Å². The molecule has 2 aromatic rings. The van der Waals surface area contributed by atoms with Crippen LogP contribution < -0.4 is 14.9 Å². The third-order valence-electron chi connectivity index (χ3n) is 5.64. The van der Waals surface area contributed by atoms with Gasteiger partial charge in [-0.2, -0.15) is 0 Å². The Morgan fingerprint density at radius 2 is 1.77 bits per heavy atom. The minimum absolute atomic E-state index is 0.265. The van der Waals surface area contributed by atoms with Gasteiger partial charge in [-0.1, -0.05) is 24.3 Å². The van der Waals surface area contributed by atoms with Crippen molar-refractivity contribution in [2.24, 2.45) is 4.99 Å². The monoisotopic (exact) mass is 429 g/mol. The molecule has 0 atom stereocenters. The van der Waals surface area contributed by atoms with E-state index in [0.717, 1.165) is 37.7 Å². The first kappa shape index (κ1) is 22.1. The number of anilines is 1. The molecule has 0 saturated carbocycles. The fourth-order valence-corrected chi connectivity index (χ4v) is 4.49. The predicted octanol–water partition coefficient (Wildman–Crippen LogP) is 2.11. The summed E-state index contributed by atoms with van der Waals surface area (Å²) in [5.41, 5.74) is 4.85. The number of guanidine groups is 1. The lowest BCUT2D eigenvalue weighted by Crippen LogP contribution is -2.52. The Kier molecular flexibility index (Phi) is 6.99. The third kappa shape index (κ3) is 4.94. The average Bonchev–Trinajstić information content (AvgIpc) is 2.77. The molecule has 1 aliphatic heterocycles. The van der Waals surface area contributed by atoms with Gasteiger partial charge in [0.25, 0.3) is 0 Å². The van der Waals surface area contributed by atoms with Crippen LogP contribution >= 0.6 is 0 Å². The summed E-state index contributed by atoms with van der Waals surface area (Å²) in [6.45, 7) is 8.46. The van der Waals surface area contributed by atoms with Crippen LogP contribution in [0.2, 0.25) is 0 Å². The van der Waals surface area contributed by atoms with E-state index in [0.29, 0.717) is 6.54 Å². The van der Waals surface area contributed by atoms with Crippen molar-refractivity contribution in [1.82, 2.24) is 14.9 Å². The fourth-order valence-electron chi connectivity index (χ4n) is 3.69. The first-order valence-corrected chi connectivity index (χ1v) is 11.6. The number of benzene rings is 2. The molecule has 3 rings (SSSR count). The molecule has 0 amide bonds. The molecular formula is C22H31N5O2S. The summed E-state index contributed by atoms with van der Waals surface area (Å²) in [5.74, 6) is 0.831. The number of sulfonamides is 1. The number of nitrogens with one attached hydrogen (secondary N) is 2. The Balaban J connectivity index is 1.61. The lowest BCUT2D eigenvalue weighted by atomic mass is 10.1. The van der Waals surface area contributed by atoms with Crippen LogP contribution in [-0.4, -0.2) is 59.6 Å². The molecule has 0 spiro atoms. The second-order valence-corrected chi connectivity index (χ2v) is 9.34. The molecule has 1 saturated heterocycles. The molecule has 0 unspecified atom stereocenters. The molecule has 0 radical (unpaired) electrons. The number of hydrogen-bond donors (Lipinski definition) is 2. The van der Waals surface area contributed by atoms with Crippen LogP contribution in [0.15, 0.2) is 52.4 Å². The molecule has 1 heterocycles. The van der Waals surface area contributed by atoms with Crippen LogP contribution in [0.1, 0.15) is 16.7 Å². The first-order chi connectivity index (χ1) is 14.4. The SMILES string of the molecule is CN=C(NCc1cccc(S(=O)(=O)NC)c1)N1CCN(c2cccc(C)c2C)CC1. The molecule has 162 valence electrons. The van der Waals surface area contributed by atoms with Gasteiger partial charge < -0.3 is 15.1 Å². The third-order valence-corrected chi connectivity index (χ3v) is 7.05. The van der Waals surface area contributed by atoms with Crippen molar-refractivity contribution >= 4 is 21.7 Å². The van der Waals surface area contributed by atoms with Gasteiger partial charge in [-0.3, -0.25) is 4.99 Å². The molecule has 1 aliphatic rings. The van der Waals surface area contributed by atoms with Gasteiger partial charge >= 0.3 is 0 Å². The summed E-state index contributed by atoms with van der Waals surface area (Å²) < 4.78 is 26.4. The van der Waals surface area contributed by atoms with E-state index in [4.69, 9.17) is 0 Å². The highest BCUT2D eigenvalue weighted by atomic mass is 32.2. The summed E-state index contributed by atoms with van der Waals surface area (Å²) in [7, 11) is -0.253. The number of aliphatic imine (C=N–C) groups is 1. The normalized spacial score (nSPS) is 15.4. The second-order valence-electron chi connectivity index (χ2n) is 7.45. The molecule has 2 N–H and O–H groups in total. The van der Waals surface area contributed by atoms with Gasteiger partial charge in [0.05, 0.1) is 4.90 Å². The van der Waals surface area contributed by atoms with Crippen LogP contribution in [0.5, 0.6) is 0 Å². The highest BCUT2D eigenvalue weighted by Gasteiger charge is 2.21. The van der Waals surface area contributed by atoms with E-state index < -0.39 is 10.0 Å². The number of aryl methyl sites for hydroxylation is 1. The van der Waals surface area contributed by atoms with Crippen LogP contribution in [0, 0.1) is 13.8 Å².